The lowest BCUT2D eigenvalue weighted by Gasteiger charge is -2.32. The molecule has 0 fully saturated rings. The molecule has 2 unspecified atom stereocenters. The molecule has 0 saturated heterocycles. The Balaban J connectivity index is 4.80. The van der Waals surface area contributed by atoms with Crippen molar-refractivity contribution in [2.24, 2.45) is 0 Å². The van der Waals surface area contributed by atoms with Crippen LogP contribution < -0.4 is 0 Å². The number of hydrogen-bond donors (Lipinski definition) is 2. The first-order valence-corrected chi connectivity index (χ1v) is 4.60. The summed E-state index contributed by atoms with van der Waals surface area (Å²) in [7, 11) is -5.66. The van der Waals surface area contributed by atoms with E-state index in [9.17, 15) is 13.0 Å². The van der Waals surface area contributed by atoms with E-state index in [0.717, 1.165) is 0 Å². The molecular weight excluding hydrogens is 166 g/mol. The van der Waals surface area contributed by atoms with E-state index in [1.807, 2.05) is 0 Å². The SMILES string of the molecule is CC(F)S(=O)(O)(O)C(C)F. The predicted molar refractivity (Wildman–Crippen MR) is 34.5 cm³/mol. The van der Waals surface area contributed by atoms with Crippen LogP contribution in [-0.2, 0) is 9.63 Å². The Kier molecular flexibility index (Phi) is 2.20. The molecule has 0 bridgehead atoms. The van der Waals surface area contributed by atoms with Crippen molar-refractivity contribution in [3.8, 4) is 0 Å². The Labute approximate surface area is 57.5 Å². The molecule has 3 nitrogen and oxygen atoms in total. The second kappa shape index (κ2) is 2.21. The van der Waals surface area contributed by atoms with E-state index < -0.39 is 20.6 Å². The molecule has 10 heavy (non-hydrogen) atoms. The number of hydrogen-bond acceptors (Lipinski definition) is 1. The molecular formula is C4H10F2O3S. The zero-order valence-corrected chi connectivity index (χ0v) is 6.44. The van der Waals surface area contributed by atoms with Crippen LogP contribution in [0.1, 0.15) is 13.8 Å². The molecule has 0 radical (unpaired) electrons. The van der Waals surface area contributed by atoms with Gasteiger partial charge in [-0.2, -0.15) is 0 Å². The Bertz CT molecular complexity index is 169. The van der Waals surface area contributed by atoms with Gasteiger partial charge >= 0.3 is 0 Å². The molecule has 0 spiro atoms. The Morgan fingerprint density at radius 3 is 1.40 bits per heavy atom. The molecule has 0 rings (SSSR count). The van der Waals surface area contributed by atoms with Crippen LogP contribution in [0, 0.1) is 0 Å². The molecule has 0 heterocycles. The van der Waals surface area contributed by atoms with Gasteiger partial charge in [0.2, 0.25) is 0 Å². The summed E-state index contributed by atoms with van der Waals surface area (Å²) in [4.78, 5) is 0. The predicted octanol–water partition coefficient (Wildman–Crippen LogP) is 1.38. The van der Waals surface area contributed by atoms with Crippen molar-refractivity contribution in [2.75, 3.05) is 0 Å². The first kappa shape index (κ1) is 9.93. The van der Waals surface area contributed by atoms with Gasteiger partial charge in [-0.15, -0.1) is 0 Å². The first-order chi connectivity index (χ1) is 4.17. The molecule has 2 atom stereocenters. The average Bonchev–Trinajstić information content (AvgIpc) is 1.63. The maximum absolute atomic E-state index is 12.1. The van der Waals surface area contributed by atoms with Crippen LogP contribution in [-0.4, -0.2) is 24.3 Å². The first-order valence-electron chi connectivity index (χ1n) is 2.59. The number of rotatable bonds is 2. The third-order valence-corrected chi connectivity index (χ3v) is 3.66. The van der Waals surface area contributed by atoms with Gasteiger partial charge in [0.05, 0.1) is 0 Å². The summed E-state index contributed by atoms with van der Waals surface area (Å²) in [5.41, 5.74) is -4.95. The third kappa shape index (κ3) is 1.50. The van der Waals surface area contributed by atoms with E-state index in [4.69, 9.17) is 9.11 Å². The number of halogens is 2. The van der Waals surface area contributed by atoms with Crippen LogP contribution >= 0.6 is 0 Å². The zero-order chi connectivity index (χ0) is 8.60. The summed E-state index contributed by atoms with van der Waals surface area (Å²) < 4.78 is 51.8. The topological polar surface area (TPSA) is 57.5 Å². The van der Waals surface area contributed by atoms with Crippen LogP contribution in [0.3, 0.4) is 0 Å². The maximum Gasteiger partial charge on any atom is 0.197 e. The van der Waals surface area contributed by atoms with Crippen molar-refractivity contribution in [1.29, 1.82) is 0 Å². The quantitative estimate of drug-likeness (QED) is 0.668. The van der Waals surface area contributed by atoms with Gasteiger partial charge < -0.3 is 9.11 Å². The molecule has 2 N–H and O–H groups in total. The Hall–Kier alpha value is -0.0700. The van der Waals surface area contributed by atoms with E-state index in [1.54, 1.807) is 0 Å². The van der Waals surface area contributed by atoms with Gasteiger partial charge in [-0.3, -0.25) is 0 Å². The van der Waals surface area contributed by atoms with Gasteiger partial charge in [0, 0.05) is 0 Å². The van der Waals surface area contributed by atoms with E-state index in [0.29, 0.717) is 13.8 Å². The van der Waals surface area contributed by atoms with E-state index in [-0.39, 0.29) is 0 Å². The van der Waals surface area contributed by atoms with E-state index in [2.05, 4.69) is 0 Å². The normalized spacial score (nSPS) is 22.8. The van der Waals surface area contributed by atoms with Gasteiger partial charge in [0.15, 0.2) is 11.0 Å². The summed E-state index contributed by atoms with van der Waals surface area (Å²) in [6, 6.07) is 0. The monoisotopic (exact) mass is 176 g/mol. The van der Waals surface area contributed by atoms with Gasteiger partial charge in [-0.05, 0) is 13.8 Å². The van der Waals surface area contributed by atoms with Crippen LogP contribution in [0.5, 0.6) is 0 Å². The third-order valence-electron chi connectivity index (χ3n) is 1.22. The minimum absolute atomic E-state index is 0.630. The summed E-state index contributed by atoms with van der Waals surface area (Å²) in [5.74, 6) is 0. The fraction of sp³-hybridized carbons (Fsp3) is 1.00. The van der Waals surface area contributed by atoms with Gasteiger partial charge in [0.1, 0.15) is 9.63 Å². The second-order valence-corrected chi connectivity index (χ2v) is 5.33. The molecule has 0 amide bonds. The lowest BCUT2D eigenvalue weighted by atomic mass is 10.9. The lowest BCUT2D eigenvalue weighted by Crippen LogP contribution is -2.46. The van der Waals surface area contributed by atoms with Crippen LogP contribution in [0.4, 0.5) is 8.78 Å². The van der Waals surface area contributed by atoms with Gasteiger partial charge in [-0.25, -0.2) is 13.0 Å². The second-order valence-electron chi connectivity index (χ2n) is 2.07. The fourth-order valence-electron chi connectivity index (χ4n) is 0.258. The molecule has 0 saturated carbocycles. The maximum atomic E-state index is 12.1. The van der Waals surface area contributed by atoms with E-state index >= 15 is 0 Å². The van der Waals surface area contributed by atoms with Crippen molar-refractivity contribution in [3.05, 3.63) is 0 Å². The highest BCUT2D eigenvalue weighted by atomic mass is 32.3. The van der Waals surface area contributed by atoms with Crippen molar-refractivity contribution in [2.45, 2.75) is 24.9 Å². The molecule has 0 aromatic carbocycles. The van der Waals surface area contributed by atoms with Crippen molar-refractivity contribution >= 4 is 9.63 Å². The zero-order valence-electron chi connectivity index (χ0n) is 5.62. The minimum atomic E-state index is -5.66. The molecule has 0 aliphatic carbocycles. The largest absolute Gasteiger partial charge is 0.303 e. The standard InChI is InChI=1S/C4H10F2O3S/c1-3(5)10(7,8,9)4(2)6/h3-4H,1-2H3,(H2,7,8,9). The molecule has 0 aliphatic heterocycles. The van der Waals surface area contributed by atoms with Crippen molar-refractivity contribution in [3.63, 3.8) is 0 Å². The average molecular weight is 176 g/mol. The summed E-state index contributed by atoms with van der Waals surface area (Å²) in [6.07, 6.45) is 0. The molecule has 0 aliphatic rings. The van der Waals surface area contributed by atoms with Crippen LogP contribution in [0.15, 0.2) is 0 Å². The molecule has 0 aromatic heterocycles. The molecule has 0 aromatic rings. The summed E-state index contributed by atoms with van der Waals surface area (Å²) in [5, 5.41) is 0. The minimum Gasteiger partial charge on any atom is -0.303 e. The number of alkyl halides is 2. The fourth-order valence-corrected chi connectivity index (χ4v) is 0.775. The summed E-state index contributed by atoms with van der Waals surface area (Å²) in [6.45, 7) is 1.26. The highest BCUT2D eigenvalue weighted by Crippen LogP contribution is 2.30. The molecule has 64 valence electrons. The smallest absolute Gasteiger partial charge is 0.197 e. The highest BCUT2D eigenvalue weighted by molar-refractivity contribution is 8.10. The van der Waals surface area contributed by atoms with Gasteiger partial charge in [-0.1, -0.05) is 0 Å². The highest BCUT2D eigenvalue weighted by Gasteiger charge is 2.44. The van der Waals surface area contributed by atoms with Crippen LogP contribution in [0.2, 0.25) is 0 Å². The van der Waals surface area contributed by atoms with E-state index in [1.165, 1.54) is 0 Å². The molecule has 6 heteroatoms. The van der Waals surface area contributed by atoms with Crippen LogP contribution in [0.25, 0.3) is 0 Å². The lowest BCUT2D eigenvalue weighted by molar-refractivity contribution is 0.274. The summed E-state index contributed by atoms with van der Waals surface area (Å²) >= 11 is 0. The van der Waals surface area contributed by atoms with Crippen molar-refractivity contribution in [1.82, 2.24) is 0 Å². The Morgan fingerprint density at radius 2 is 1.40 bits per heavy atom. The Morgan fingerprint density at radius 1 is 1.20 bits per heavy atom. The van der Waals surface area contributed by atoms with Crippen molar-refractivity contribution < 1.29 is 22.1 Å². The van der Waals surface area contributed by atoms with Gasteiger partial charge in [0.25, 0.3) is 0 Å².